The van der Waals surface area contributed by atoms with E-state index in [1.54, 1.807) is 12.3 Å². The molecule has 23 heavy (non-hydrogen) atoms. The van der Waals surface area contributed by atoms with Crippen LogP contribution >= 0.6 is 0 Å². The molecule has 0 aliphatic rings. The van der Waals surface area contributed by atoms with E-state index in [-0.39, 0.29) is 5.76 Å². The molecule has 0 unspecified atom stereocenters. The van der Waals surface area contributed by atoms with Gasteiger partial charge in [0.05, 0.1) is 5.69 Å². The van der Waals surface area contributed by atoms with E-state index >= 15 is 0 Å². The predicted molar refractivity (Wildman–Crippen MR) is 94.7 cm³/mol. The van der Waals surface area contributed by atoms with Crippen molar-refractivity contribution in [3.63, 3.8) is 0 Å². The van der Waals surface area contributed by atoms with E-state index in [0.717, 1.165) is 22.8 Å². The highest BCUT2D eigenvalue weighted by molar-refractivity contribution is 5.66. The number of aliphatic hydroxyl groups is 1. The van der Waals surface area contributed by atoms with E-state index in [4.69, 9.17) is 4.74 Å². The molecule has 0 aliphatic carbocycles. The number of hydrogen-bond donors (Lipinski definition) is 1. The van der Waals surface area contributed by atoms with Gasteiger partial charge < -0.3 is 9.84 Å². The van der Waals surface area contributed by atoms with Crippen LogP contribution in [0.15, 0.2) is 72.7 Å². The molecule has 1 N–H and O–H groups in total. The van der Waals surface area contributed by atoms with Crippen molar-refractivity contribution in [2.45, 2.75) is 20.8 Å². The predicted octanol–water partition coefficient (Wildman–Crippen LogP) is 5.60. The molecular formula is C20H21NO2. The topological polar surface area (TPSA) is 42.4 Å². The van der Waals surface area contributed by atoms with Crippen molar-refractivity contribution >= 4 is 5.57 Å². The third-order valence-corrected chi connectivity index (χ3v) is 3.41. The van der Waals surface area contributed by atoms with E-state index in [0.29, 0.717) is 5.57 Å². The standard InChI is InChI=1S/C20H21NO2/c1-5-17(16(4)22)12-15(3)20-13-19(10-11-21-20)23-18-8-6-14(2)7-9-18/h5-13,22H,4H2,1-3H3/b15-12+,17-5+. The van der Waals surface area contributed by atoms with Crippen molar-refractivity contribution in [1.29, 1.82) is 0 Å². The number of ether oxygens (including phenoxy) is 1. The lowest BCUT2D eigenvalue weighted by Crippen LogP contribution is -1.91. The summed E-state index contributed by atoms with van der Waals surface area (Å²) in [6.45, 7) is 9.38. The molecule has 0 saturated heterocycles. The van der Waals surface area contributed by atoms with Crippen molar-refractivity contribution in [2.24, 2.45) is 0 Å². The normalized spacial score (nSPS) is 12.1. The molecule has 0 amide bonds. The summed E-state index contributed by atoms with van der Waals surface area (Å²) in [5.41, 5.74) is 3.57. The molecule has 0 fully saturated rings. The Balaban J connectivity index is 2.24. The minimum absolute atomic E-state index is 0.0407. The molecule has 118 valence electrons. The number of aliphatic hydroxyl groups excluding tert-OH is 1. The third kappa shape index (κ3) is 4.58. The lowest BCUT2D eigenvalue weighted by molar-refractivity contribution is 0.429. The van der Waals surface area contributed by atoms with Crippen molar-refractivity contribution in [3.05, 3.63) is 83.9 Å². The zero-order valence-corrected chi connectivity index (χ0v) is 13.7. The monoisotopic (exact) mass is 307 g/mol. The number of nitrogens with zero attached hydrogens (tertiary/aromatic N) is 1. The van der Waals surface area contributed by atoms with Gasteiger partial charge in [-0.15, -0.1) is 0 Å². The molecule has 0 atom stereocenters. The van der Waals surface area contributed by atoms with E-state index < -0.39 is 0 Å². The molecule has 2 aromatic rings. The van der Waals surface area contributed by atoms with Crippen LogP contribution in [0.2, 0.25) is 0 Å². The van der Waals surface area contributed by atoms with E-state index in [2.05, 4.69) is 11.6 Å². The third-order valence-electron chi connectivity index (χ3n) is 3.41. The van der Waals surface area contributed by atoms with E-state index in [9.17, 15) is 5.11 Å². The van der Waals surface area contributed by atoms with Crippen molar-refractivity contribution in [2.75, 3.05) is 0 Å². The van der Waals surface area contributed by atoms with Crippen LogP contribution in [-0.2, 0) is 0 Å². The summed E-state index contributed by atoms with van der Waals surface area (Å²) < 4.78 is 5.85. The van der Waals surface area contributed by atoms with Gasteiger partial charge >= 0.3 is 0 Å². The minimum atomic E-state index is 0.0407. The van der Waals surface area contributed by atoms with E-state index in [1.165, 1.54) is 5.56 Å². The summed E-state index contributed by atoms with van der Waals surface area (Å²) in [6.07, 6.45) is 5.36. The number of pyridine rings is 1. The van der Waals surface area contributed by atoms with Crippen LogP contribution in [0.4, 0.5) is 0 Å². The highest BCUT2D eigenvalue weighted by Gasteiger charge is 2.04. The van der Waals surface area contributed by atoms with Crippen LogP contribution < -0.4 is 4.74 Å². The van der Waals surface area contributed by atoms with Gasteiger partial charge in [-0.1, -0.05) is 30.4 Å². The summed E-state index contributed by atoms with van der Waals surface area (Å²) in [5, 5.41) is 9.53. The number of aryl methyl sites for hydroxylation is 1. The van der Waals surface area contributed by atoms with Gasteiger partial charge in [-0.3, -0.25) is 4.98 Å². The maximum absolute atomic E-state index is 9.53. The largest absolute Gasteiger partial charge is 0.508 e. The summed E-state index contributed by atoms with van der Waals surface area (Å²) in [5.74, 6) is 1.54. The van der Waals surface area contributed by atoms with Gasteiger partial charge in [0.25, 0.3) is 0 Å². The SMILES string of the molecule is C=C(O)C(=C/C)/C=C(\C)c1cc(Oc2ccc(C)cc2)ccn1. The maximum atomic E-state index is 9.53. The zero-order chi connectivity index (χ0) is 16.8. The molecule has 0 bridgehead atoms. The van der Waals surface area contributed by atoms with Crippen LogP contribution in [-0.4, -0.2) is 10.1 Å². The Kier molecular flexibility index (Phi) is 5.36. The summed E-state index contributed by atoms with van der Waals surface area (Å²) in [7, 11) is 0. The molecule has 3 nitrogen and oxygen atoms in total. The fourth-order valence-corrected chi connectivity index (χ4v) is 2.07. The van der Waals surface area contributed by atoms with Crippen LogP contribution in [0.1, 0.15) is 25.1 Å². The smallest absolute Gasteiger partial charge is 0.131 e. The van der Waals surface area contributed by atoms with Gasteiger partial charge in [0.15, 0.2) is 0 Å². The first-order chi connectivity index (χ1) is 11.0. The van der Waals surface area contributed by atoms with Crippen molar-refractivity contribution in [1.82, 2.24) is 4.98 Å². The highest BCUT2D eigenvalue weighted by Crippen LogP contribution is 2.25. The summed E-state index contributed by atoms with van der Waals surface area (Å²) in [4.78, 5) is 4.35. The number of rotatable bonds is 5. The Morgan fingerprint density at radius 1 is 1.17 bits per heavy atom. The van der Waals surface area contributed by atoms with Gasteiger partial charge in [0, 0.05) is 17.8 Å². The average molecular weight is 307 g/mol. The molecule has 1 aromatic heterocycles. The Hall–Kier alpha value is -2.81. The Morgan fingerprint density at radius 3 is 2.48 bits per heavy atom. The molecule has 1 heterocycles. The van der Waals surface area contributed by atoms with Crippen LogP contribution in [0.25, 0.3) is 5.57 Å². The first kappa shape index (κ1) is 16.6. The average Bonchev–Trinajstić information content (AvgIpc) is 2.54. The molecule has 0 aliphatic heterocycles. The maximum Gasteiger partial charge on any atom is 0.131 e. The second-order valence-electron chi connectivity index (χ2n) is 5.31. The fraction of sp³-hybridized carbons (Fsp3) is 0.150. The van der Waals surface area contributed by atoms with Gasteiger partial charge in [-0.2, -0.15) is 0 Å². The lowest BCUT2D eigenvalue weighted by atomic mass is 10.1. The van der Waals surface area contributed by atoms with Crippen LogP contribution in [0, 0.1) is 6.92 Å². The van der Waals surface area contributed by atoms with Crippen LogP contribution in [0.5, 0.6) is 11.5 Å². The van der Waals surface area contributed by atoms with Gasteiger partial charge in [-0.25, -0.2) is 0 Å². The molecule has 2 rings (SSSR count). The first-order valence-electron chi connectivity index (χ1n) is 7.43. The molecule has 1 aromatic carbocycles. The Labute approximate surface area is 137 Å². The molecular weight excluding hydrogens is 286 g/mol. The van der Waals surface area contributed by atoms with Crippen molar-refractivity contribution < 1.29 is 9.84 Å². The first-order valence-corrected chi connectivity index (χ1v) is 7.43. The molecule has 0 spiro atoms. The van der Waals surface area contributed by atoms with Crippen LogP contribution in [0.3, 0.4) is 0 Å². The summed E-state index contributed by atoms with van der Waals surface area (Å²) >= 11 is 0. The quantitative estimate of drug-likeness (QED) is 0.577. The second kappa shape index (κ2) is 7.45. The number of benzene rings is 1. The van der Waals surface area contributed by atoms with Crippen molar-refractivity contribution in [3.8, 4) is 11.5 Å². The highest BCUT2D eigenvalue weighted by atomic mass is 16.5. The number of hydrogen-bond acceptors (Lipinski definition) is 3. The number of aromatic nitrogens is 1. The van der Waals surface area contributed by atoms with Gasteiger partial charge in [-0.05, 0) is 50.6 Å². The lowest BCUT2D eigenvalue weighted by Gasteiger charge is -2.08. The van der Waals surface area contributed by atoms with Gasteiger partial charge in [0.2, 0.25) is 0 Å². The fourth-order valence-electron chi connectivity index (χ4n) is 2.07. The molecule has 0 saturated carbocycles. The van der Waals surface area contributed by atoms with Gasteiger partial charge in [0.1, 0.15) is 17.3 Å². The zero-order valence-electron chi connectivity index (χ0n) is 13.7. The minimum Gasteiger partial charge on any atom is -0.508 e. The van der Waals surface area contributed by atoms with E-state index in [1.807, 2.05) is 63.2 Å². The molecule has 3 heteroatoms. The Bertz CT molecular complexity index is 755. The second-order valence-corrected chi connectivity index (χ2v) is 5.31. The Morgan fingerprint density at radius 2 is 1.87 bits per heavy atom. The molecule has 0 radical (unpaired) electrons. The summed E-state index contributed by atoms with van der Waals surface area (Å²) in [6, 6.07) is 11.6. The number of allylic oxidation sites excluding steroid dienone is 3.